The molecule has 0 radical (unpaired) electrons. The van der Waals surface area contributed by atoms with Crippen molar-refractivity contribution in [3.05, 3.63) is 18.1 Å². The fraction of sp³-hybridized carbons (Fsp3) is 0.143. The van der Waals surface area contributed by atoms with Crippen LogP contribution in [0.25, 0.3) is 6.20 Å². The summed E-state index contributed by atoms with van der Waals surface area (Å²) in [5.74, 6) is 0.551. The number of rotatable bonds is 2. The zero-order valence-electron chi connectivity index (χ0n) is 6.36. The van der Waals surface area contributed by atoms with Gasteiger partial charge in [0.25, 0.3) is 0 Å². The molecule has 0 fully saturated rings. The number of hydrogen-bond donors (Lipinski definition) is 1. The number of imidazole rings is 1. The van der Waals surface area contributed by atoms with Gasteiger partial charge in [-0.1, -0.05) is 0 Å². The first-order chi connectivity index (χ1) is 5.24. The van der Waals surface area contributed by atoms with E-state index in [9.17, 15) is 0 Å². The highest BCUT2D eigenvalue weighted by Crippen LogP contribution is 2.07. The van der Waals surface area contributed by atoms with Crippen molar-refractivity contribution in [1.29, 1.82) is 0 Å². The van der Waals surface area contributed by atoms with Crippen molar-refractivity contribution < 1.29 is 0 Å². The van der Waals surface area contributed by atoms with Crippen LogP contribution in [-0.4, -0.2) is 16.3 Å². The molecule has 0 atom stereocenters. The molecule has 0 saturated carbocycles. The van der Waals surface area contributed by atoms with Crippen LogP contribution in [0.3, 0.4) is 0 Å². The first-order valence-corrected chi connectivity index (χ1v) is 3.17. The molecule has 1 aromatic heterocycles. The first kappa shape index (κ1) is 7.53. The van der Waals surface area contributed by atoms with E-state index in [1.807, 2.05) is 0 Å². The summed E-state index contributed by atoms with van der Waals surface area (Å²) in [5, 5.41) is 0. The number of allylic oxidation sites excluding steroid dienone is 1. The molecule has 1 aromatic rings. The molecule has 4 heteroatoms. The summed E-state index contributed by atoms with van der Waals surface area (Å²) in [7, 11) is 0. The minimum Gasteiger partial charge on any atom is -0.401 e. The van der Waals surface area contributed by atoms with E-state index in [0.29, 0.717) is 11.6 Å². The van der Waals surface area contributed by atoms with Gasteiger partial charge in [-0.3, -0.25) is 4.57 Å². The van der Waals surface area contributed by atoms with Gasteiger partial charge in [0.2, 0.25) is 5.95 Å². The Labute approximate surface area is 65.1 Å². The monoisotopic (exact) mass is 150 g/mol. The van der Waals surface area contributed by atoms with Crippen LogP contribution in [0.15, 0.2) is 23.1 Å². The summed E-state index contributed by atoms with van der Waals surface area (Å²) >= 11 is 0. The second kappa shape index (κ2) is 3.01. The SMILES string of the molecule is C=Nc1nccn1/C=C(\C)N. The maximum atomic E-state index is 5.46. The standard InChI is InChI=1S/C7H10N4/c1-6(8)5-11-4-3-10-7(11)9-2/h3-5H,2,8H2,1H3/b6-5+. The van der Waals surface area contributed by atoms with Crippen LogP contribution in [0, 0.1) is 0 Å². The summed E-state index contributed by atoms with van der Waals surface area (Å²) in [6.45, 7) is 5.17. The highest BCUT2D eigenvalue weighted by molar-refractivity contribution is 5.42. The van der Waals surface area contributed by atoms with Crippen LogP contribution in [0.2, 0.25) is 0 Å². The molecule has 0 aliphatic heterocycles. The molecule has 0 aliphatic rings. The summed E-state index contributed by atoms with van der Waals surface area (Å²) in [5.41, 5.74) is 6.16. The predicted octanol–water partition coefficient (Wildman–Crippen LogP) is 0.992. The van der Waals surface area contributed by atoms with E-state index in [1.165, 1.54) is 0 Å². The molecule has 1 heterocycles. The lowest BCUT2D eigenvalue weighted by atomic mass is 10.5. The minimum absolute atomic E-state index is 0.551. The van der Waals surface area contributed by atoms with Crippen molar-refractivity contribution in [2.75, 3.05) is 0 Å². The average Bonchev–Trinajstić information content (AvgIpc) is 2.34. The second-order valence-corrected chi connectivity index (χ2v) is 2.17. The molecule has 11 heavy (non-hydrogen) atoms. The Morgan fingerprint density at radius 3 is 3.18 bits per heavy atom. The van der Waals surface area contributed by atoms with Crippen molar-refractivity contribution in [1.82, 2.24) is 9.55 Å². The molecule has 1 rings (SSSR count). The molecule has 0 bridgehead atoms. The van der Waals surface area contributed by atoms with Gasteiger partial charge in [0.15, 0.2) is 0 Å². The predicted molar refractivity (Wildman–Crippen MR) is 45.6 cm³/mol. The third-order valence-corrected chi connectivity index (χ3v) is 1.13. The lowest BCUT2D eigenvalue weighted by Gasteiger charge is -1.95. The van der Waals surface area contributed by atoms with Crippen molar-refractivity contribution >= 4 is 18.9 Å². The number of nitrogens with zero attached hydrogens (tertiary/aromatic N) is 3. The van der Waals surface area contributed by atoms with Crippen molar-refractivity contribution in [2.45, 2.75) is 6.92 Å². The lowest BCUT2D eigenvalue weighted by molar-refractivity contribution is 1.09. The first-order valence-electron chi connectivity index (χ1n) is 3.17. The zero-order chi connectivity index (χ0) is 8.27. The highest BCUT2D eigenvalue weighted by Gasteiger charge is 1.94. The van der Waals surface area contributed by atoms with E-state index < -0.39 is 0 Å². The number of hydrogen-bond acceptors (Lipinski definition) is 3. The summed E-state index contributed by atoms with van der Waals surface area (Å²) < 4.78 is 1.71. The van der Waals surface area contributed by atoms with Crippen LogP contribution in [0.5, 0.6) is 0 Å². The van der Waals surface area contributed by atoms with Gasteiger partial charge in [0, 0.05) is 24.3 Å². The van der Waals surface area contributed by atoms with Gasteiger partial charge in [-0.15, -0.1) is 0 Å². The molecular weight excluding hydrogens is 140 g/mol. The van der Waals surface area contributed by atoms with E-state index in [1.54, 1.807) is 30.1 Å². The van der Waals surface area contributed by atoms with Crippen LogP contribution < -0.4 is 5.73 Å². The summed E-state index contributed by atoms with van der Waals surface area (Å²) in [4.78, 5) is 7.61. The van der Waals surface area contributed by atoms with Crippen LogP contribution in [0.1, 0.15) is 6.92 Å². The summed E-state index contributed by atoms with van der Waals surface area (Å²) in [6.07, 6.45) is 5.14. The molecule has 0 unspecified atom stereocenters. The van der Waals surface area contributed by atoms with Crippen molar-refractivity contribution in [3.63, 3.8) is 0 Å². The molecule has 0 amide bonds. The normalized spacial score (nSPS) is 11.5. The highest BCUT2D eigenvalue weighted by atomic mass is 15.1. The fourth-order valence-electron chi connectivity index (χ4n) is 0.748. The van der Waals surface area contributed by atoms with E-state index in [0.717, 1.165) is 0 Å². The van der Waals surface area contributed by atoms with Gasteiger partial charge < -0.3 is 5.73 Å². The Hall–Kier alpha value is -1.58. The van der Waals surface area contributed by atoms with Gasteiger partial charge in [0.05, 0.1) is 0 Å². The maximum absolute atomic E-state index is 5.46. The molecule has 4 nitrogen and oxygen atoms in total. The Kier molecular flexibility index (Phi) is 2.06. The molecular formula is C7H10N4. The van der Waals surface area contributed by atoms with Crippen LogP contribution in [0.4, 0.5) is 5.95 Å². The molecule has 58 valence electrons. The van der Waals surface area contributed by atoms with E-state index in [-0.39, 0.29) is 0 Å². The molecule has 0 saturated heterocycles. The van der Waals surface area contributed by atoms with E-state index in [4.69, 9.17) is 5.73 Å². The Balaban J connectivity index is 3.03. The minimum atomic E-state index is 0.551. The number of nitrogens with two attached hydrogens (primary N) is 1. The molecule has 0 aromatic carbocycles. The number of aromatic nitrogens is 2. The van der Waals surface area contributed by atoms with Gasteiger partial charge in [-0.25, -0.2) is 9.98 Å². The Morgan fingerprint density at radius 1 is 1.91 bits per heavy atom. The van der Waals surface area contributed by atoms with E-state index >= 15 is 0 Å². The largest absolute Gasteiger partial charge is 0.401 e. The van der Waals surface area contributed by atoms with Crippen molar-refractivity contribution in [3.8, 4) is 0 Å². The summed E-state index contributed by atoms with van der Waals surface area (Å²) in [6, 6.07) is 0. The third-order valence-electron chi connectivity index (χ3n) is 1.13. The van der Waals surface area contributed by atoms with Crippen LogP contribution >= 0.6 is 0 Å². The van der Waals surface area contributed by atoms with Gasteiger partial charge in [0.1, 0.15) is 0 Å². The number of aliphatic imine (C=N–C) groups is 1. The topological polar surface area (TPSA) is 56.2 Å². The smallest absolute Gasteiger partial charge is 0.233 e. The van der Waals surface area contributed by atoms with Gasteiger partial charge in [-0.2, -0.15) is 0 Å². The average molecular weight is 150 g/mol. The fourth-order valence-corrected chi connectivity index (χ4v) is 0.748. The lowest BCUT2D eigenvalue weighted by Crippen LogP contribution is -1.93. The van der Waals surface area contributed by atoms with Gasteiger partial charge >= 0.3 is 0 Å². The quantitative estimate of drug-likeness (QED) is 0.639. The van der Waals surface area contributed by atoms with Gasteiger partial charge in [-0.05, 0) is 13.6 Å². The van der Waals surface area contributed by atoms with Crippen molar-refractivity contribution in [2.24, 2.45) is 10.7 Å². The third kappa shape index (κ3) is 1.67. The molecule has 0 aliphatic carbocycles. The zero-order valence-corrected chi connectivity index (χ0v) is 6.36. The van der Waals surface area contributed by atoms with E-state index in [2.05, 4.69) is 16.7 Å². The molecule has 0 spiro atoms. The second-order valence-electron chi connectivity index (χ2n) is 2.17. The Morgan fingerprint density at radius 2 is 2.64 bits per heavy atom. The maximum Gasteiger partial charge on any atom is 0.233 e. The Bertz CT molecular complexity index is 280. The van der Waals surface area contributed by atoms with Crippen LogP contribution in [-0.2, 0) is 0 Å². The molecule has 2 N–H and O–H groups in total.